The highest BCUT2D eigenvalue weighted by Crippen LogP contribution is 2.22. The number of hydrogen-bond acceptors (Lipinski definition) is 5. The molecule has 30 heavy (non-hydrogen) atoms. The molecule has 8 heteroatoms. The van der Waals surface area contributed by atoms with Crippen molar-refractivity contribution in [3.8, 4) is 0 Å². The molecule has 152 valence electrons. The standard InChI is InChI=1S/C22H23N7O/c1-13-9-14(2)17(15(3)10-13)11-29-12-24-18-19(23)26-21(27-20(18)29)28-22(30)25-16-7-5-4-6-8-16/h4-10,12H,11H2,1-3H3,(H4,23,25,26,27,28,30). The van der Waals surface area contributed by atoms with Gasteiger partial charge in [-0.2, -0.15) is 9.97 Å². The number of hydrogen-bond donors (Lipinski definition) is 3. The molecule has 0 unspecified atom stereocenters. The van der Waals surface area contributed by atoms with E-state index >= 15 is 0 Å². The number of nitrogens with one attached hydrogen (secondary N) is 2. The highest BCUT2D eigenvalue weighted by Gasteiger charge is 2.15. The monoisotopic (exact) mass is 401 g/mol. The molecular weight excluding hydrogens is 378 g/mol. The first kappa shape index (κ1) is 19.4. The van der Waals surface area contributed by atoms with E-state index < -0.39 is 6.03 Å². The molecule has 4 rings (SSSR count). The van der Waals surface area contributed by atoms with Crippen molar-refractivity contribution in [2.45, 2.75) is 27.3 Å². The van der Waals surface area contributed by atoms with Crippen LogP contribution in [-0.2, 0) is 6.54 Å². The van der Waals surface area contributed by atoms with E-state index in [1.165, 1.54) is 22.3 Å². The van der Waals surface area contributed by atoms with Crippen molar-refractivity contribution in [2.24, 2.45) is 0 Å². The zero-order valence-corrected chi connectivity index (χ0v) is 17.1. The van der Waals surface area contributed by atoms with Gasteiger partial charge in [0.25, 0.3) is 0 Å². The Balaban J connectivity index is 1.62. The summed E-state index contributed by atoms with van der Waals surface area (Å²) in [6, 6.07) is 13.0. The van der Waals surface area contributed by atoms with E-state index in [9.17, 15) is 4.79 Å². The predicted octanol–water partition coefficient (Wildman–Crippen LogP) is 4.03. The third-order valence-electron chi connectivity index (χ3n) is 4.92. The summed E-state index contributed by atoms with van der Waals surface area (Å²) in [7, 11) is 0. The number of urea groups is 1. The van der Waals surface area contributed by atoms with Crippen LogP contribution < -0.4 is 16.4 Å². The van der Waals surface area contributed by atoms with Crippen LogP contribution in [-0.4, -0.2) is 25.6 Å². The number of imidazole rings is 1. The SMILES string of the molecule is Cc1cc(C)c(Cn2cnc3c(N)nc(NC(=O)Nc4ccccc4)nc32)c(C)c1. The molecule has 0 radical (unpaired) electrons. The second-order valence-corrected chi connectivity index (χ2v) is 7.30. The van der Waals surface area contributed by atoms with Gasteiger partial charge in [0.05, 0.1) is 12.9 Å². The summed E-state index contributed by atoms with van der Waals surface area (Å²) in [6.45, 7) is 6.88. The predicted molar refractivity (Wildman–Crippen MR) is 119 cm³/mol. The van der Waals surface area contributed by atoms with Gasteiger partial charge in [0.1, 0.15) is 5.52 Å². The zero-order chi connectivity index (χ0) is 21.3. The molecule has 0 bridgehead atoms. The number of fused-ring (bicyclic) bond motifs is 1. The maximum absolute atomic E-state index is 12.3. The number of carbonyl (C=O) groups excluding carboxylic acids is 1. The molecule has 0 fully saturated rings. The molecule has 0 aliphatic heterocycles. The van der Waals surface area contributed by atoms with Crippen molar-refractivity contribution in [1.82, 2.24) is 19.5 Å². The summed E-state index contributed by atoms with van der Waals surface area (Å²) in [5.74, 6) is 0.332. The average Bonchev–Trinajstić information content (AvgIpc) is 3.08. The van der Waals surface area contributed by atoms with E-state index in [4.69, 9.17) is 5.73 Å². The summed E-state index contributed by atoms with van der Waals surface area (Å²) >= 11 is 0. The van der Waals surface area contributed by atoms with Gasteiger partial charge in [-0.1, -0.05) is 35.9 Å². The van der Waals surface area contributed by atoms with E-state index in [1.807, 2.05) is 22.8 Å². The molecule has 4 aromatic rings. The number of anilines is 3. The number of benzene rings is 2. The number of carbonyl (C=O) groups is 1. The van der Waals surface area contributed by atoms with Crippen molar-refractivity contribution < 1.29 is 4.79 Å². The molecule has 0 saturated heterocycles. The van der Waals surface area contributed by atoms with Crippen LogP contribution in [0.3, 0.4) is 0 Å². The summed E-state index contributed by atoms with van der Waals surface area (Å²) in [6.07, 6.45) is 1.70. The molecule has 0 spiro atoms. The minimum Gasteiger partial charge on any atom is -0.382 e. The van der Waals surface area contributed by atoms with E-state index in [-0.39, 0.29) is 11.8 Å². The molecular formula is C22H23N7O. The first-order chi connectivity index (χ1) is 14.4. The van der Waals surface area contributed by atoms with E-state index in [1.54, 1.807) is 18.5 Å². The Kier molecular flexibility index (Phi) is 5.05. The number of nitrogen functional groups attached to an aromatic ring is 1. The maximum Gasteiger partial charge on any atom is 0.326 e. The van der Waals surface area contributed by atoms with Crippen molar-refractivity contribution in [3.05, 3.63) is 71.0 Å². The minimum absolute atomic E-state index is 0.118. The van der Waals surface area contributed by atoms with Crippen LogP contribution in [0.4, 0.5) is 22.2 Å². The molecule has 2 aromatic carbocycles. The van der Waals surface area contributed by atoms with Crippen LogP contribution in [0.15, 0.2) is 48.8 Å². The van der Waals surface area contributed by atoms with Crippen LogP contribution in [0.25, 0.3) is 11.2 Å². The normalized spacial score (nSPS) is 10.9. The molecule has 4 N–H and O–H groups in total. The van der Waals surface area contributed by atoms with Crippen LogP contribution in [0.2, 0.25) is 0 Å². The molecule has 0 aliphatic rings. The van der Waals surface area contributed by atoms with Crippen molar-refractivity contribution >= 4 is 34.6 Å². The first-order valence-electron chi connectivity index (χ1n) is 9.59. The number of aromatic nitrogens is 4. The molecule has 0 saturated carbocycles. The van der Waals surface area contributed by atoms with Crippen LogP contribution in [0, 0.1) is 20.8 Å². The minimum atomic E-state index is -0.448. The quantitative estimate of drug-likeness (QED) is 0.478. The fraction of sp³-hybridized carbons (Fsp3) is 0.182. The van der Waals surface area contributed by atoms with Crippen molar-refractivity contribution in [1.29, 1.82) is 0 Å². The Hall–Kier alpha value is -3.94. The topological polar surface area (TPSA) is 111 Å². The average molecular weight is 401 g/mol. The molecule has 2 aromatic heterocycles. The third kappa shape index (κ3) is 3.93. The fourth-order valence-corrected chi connectivity index (χ4v) is 3.55. The van der Waals surface area contributed by atoms with Crippen LogP contribution in [0.5, 0.6) is 0 Å². The molecule has 8 nitrogen and oxygen atoms in total. The van der Waals surface area contributed by atoms with Gasteiger partial charge < -0.3 is 15.6 Å². The van der Waals surface area contributed by atoms with Gasteiger partial charge in [-0.3, -0.25) is 5.32 Å². The summed E-state index contributed by atoms with van der Waals surface area (Å²) in [5.41, 5.74) is 12.7. The summed E-state index contributed by atoms with van der Waals surface area (Å²) in [5, 5.41) is 5.37. The van der Waals surface area contributed by atoms with E-state index in [0.29, 0.717) is 23.4 Å². The summed E-state index contributed by atoms with van der Waals surface area (Å²) < 4.78 is 1.92. The zero-order valence-electron chi connectivity index (χ0n) is 17.1. The first-order valence-corrected chi connectivity index (χ1v) is 9.59. The lowest BCUT2D eigenvalue weighted by Crippen LogP contribution is -2.21. The van der Waals surface area contributed by atoms with Gasteiger partial charge in [-0.05, 0) is 49.6 Å². The molecule has 2 heterocycles. The highest BCUT2D eigenvalue weighted by molar-refractivity contribution is 5.99. The Morgan fingerprint density at radius 1 is 1.03 bits per heavy atom. The molecule has 2 amide bonds. The Morgan fingerprint density at radius 2 is 1.73 bits per heavy atom. The van der Waals surface area contributed by atoms with Crippen molar-refractivity contribution in [2.75, 3.05) is 16.4 Å². The molecule has 0 atom stereocenters. The molecule has 0 aliphatic carbocycles. The van der Waals surface area contributed by atoms with Crippen LogP contribution in [0.1, 0.15) is 22.3 Å². The number of nitrogens with zero attached hydrogens (tertiary/aromatic N) is 4. The van der Waals surface area contributed by atoms with Crippen LogP contribution >= 0.6 is 0 Å². The lowest BCUT2D eigenvalue weighted by atomic mass is 10.00. The third-order valence-corrected chi connectivity index (χ3v) is 4.92. The number of rotatable bonds is 4. The fourth-order valence-electron chi connectivity index (χ4n) is 3.55. The lowest BCUT2D eigenvalue weighted by Gasteiger charge is -2.13. The Morgan fingerprint density at radius 3 is 2.43 bits per heavy atom. The number of nitrogens with two attached hydrogens (primary N) is 1. The summed E-state index contributed by atoms with van der Waals surface area (Å²) in [4.78, 5) is 25.3. The second kappa shape index (κ2) is 7.82. The van der Waals surface area contributed by atoms with Gasteiger partial charge in [-0.15, -0.1) is 0 Å². The van der Waals surface area contributed by atoms with Gasteiger partial charge in [0.2, 0.25) is 5.95 Å². The van der Waals surface area contributed by atoms with Gasteiger partial charge >= 0.3 is 6.03 Å². The number of aryl methyl sites for hydroxylation is 3. The highest BCUT2D eigenvalue weighted by atomic mass is 16.2. The van der Waals surface area contributed by atoms with E-state index in [0.717, 1.165) is 0 Å². The number of para-hydroxylation sites is 1. The lowest BCUT2D eigenvalue weighted by molar-refractivity contribution is 0.262. The van der Waals surface area contributed by atoms with Gasteiger partial charge in [0.15, 0.2) is 11.5 Å². The smallest absolute Gasteiger partial charge is 0.326 e. The van der Waals surface area contributed by atoms with E-state index in [2.05, 4.69) is 58.5 Å². The van der Waals surface area contributed by atoms with Gasteiger partial charge in [-0.25, -0.2) is 9.78 Å². The van der Waals surface area contributed by atoms with Crippen molar-refractivity contribution in [3.63, 3.8) is 0 Å². The Bertz CT molecular complexity index is 1210. The second-order valence-electron chi connectivity index (χ2n) is 7.30. The largest absolute Gasteiger partial charge is 0.382 e. The maximum atomic E-state index is 12.3. The van der Waals surface area contributed by atoms with Gasteiger partial charge in [0, 0.05) is 5.69 Å². The number of amides is 2. The Labute approximate surface area is 174 Å².